The Balaban J connectivity index is 1.86. The van der Waals surface area contributed by atoms with Crippen molar-refractivity contribution in [3.8, 4) is 11.4 Å². The van der Waals surface area contributed by atoms with Crippen LogP contribution in [0.5, 0.6) is 0 Å². The lowest BCUT2D eigenvalue weighted by Crippen LogP contribution is -2.17. The highest BCUT2D eigenvalue weighted by molar-refractivity contribution is 6.33. The second kappa shape index (κ2) is 9.48. The Kier molecular flexibility index (Phi) is 6.79. The molecule has 0 bridgehead atoms. The molecule has 0 aliphatic heterocycles. The minimum Gasteiger partial charge on any atom is -0.354 e. The molecule has 6 nitrogen and oxygen atoms in total. The van der Waals surface area contributed by atoms with Crippen molar-refractivity contribution in [2.75, 3.05) is 37.8 Å². The molecule has 0 saturated carbocycles. The Bertz CT molecular complexity index is 914. The van der Waals surface area contributed by atoms with Crippen molar-refractivity contribution >= 4 is 29.1 Å². The summed E-state index contributed by atoms with van der Waals surface area (Å²) in [6, 6.07) is 13.5. The number of rotatable bonds is 8. The fraction of sp³-hybridized carbons (Fsp3) is 0.286. The number of anilines is 3. The van der Waals surface area contributed by atoms with Gasteiger partial charge in [0.15, 0.2) is 0 Å². The molecule has 0 aliphatic carbocycles. The molecule has 2 aromatic heterocycles. The van der Waals surface area contributed by atoms with Gasteiger partial charge in [0.05, 0.1) is 22.1 Å². The van der Waals surface area contributed by atoms with Gasteiger partial charge in [-0.15, -0.1) is 0 Å². The molecule has 0 atom stereocenters. The van der Waals surface area contributed by atoms with Crippen molar-refractivity contribution in [3.63, 3.8) is 0 Å². The minimum absolute atomic E-state index is 0.563. The highest BCUT2D eigenvalue weighted by atomic mass is 35.5. The van der Waals surface area contributed by atoms with Crippen LogP contribution >= 0.6 is 11.6 Å². The molecule has 0 fully saturated rings. The van der Waals surface area contributed by atoms with Gasteiger partial charge in [-0.3, -0.25) is 4.98 Å². The first kappa shape index (κ1) is 20.0. The molecule has 0 unspecified atom stereocenters. The fourth-order valence-corrected chi connectivity index (χ4v) is 2.97. The van der Waals surface area contributed by atoms with Crippen molar-refractivity contribution in [3.05, 3.63) is 59.2 Å². The van der Waals surface area contributed by atoms with E-state index in [0.29, 0.717) is 16.8 Å². The zero-order valence-electron chi connectivity index (χ0n) is 16.4. The number of aromatic nitrogens is 3. The predicted molar refractivity (Wildman–Crippen MR) is 116 cm³/mol. The van der Waals surface area contributed by atoms with E-state index < -0.39 is 0 Å². The predicted octanol–water partition coefficient (Wildman–Crippen LogP) is 4.61. The Hall–Kier alpha value is -2.70. The second-order valence-electron chi connectivity index (χ2n) is 6.87. The van der Waals surface area contributed by atoms with E-state index in [4.69, 9.17) is 11.6 Å². The largest absolute Gasteiger partial charge is 0.354 e. The monoisotopic (exact) mass is 396 g/mol. The van der Waals surface area contributed by atoms with E-state index in [9.17, 15) is 0 Å². The number of halogens is 1. The van der Waals surface area contributed by atoms with E-state index in [1.165, 1.54) is 0 Å². The third kappa shape index (κ3) is 5.65. The molecule has 28 heavy (non-hydrogen) atoms. The summed E-state index contributed by atoms with van der Waals surface area (Å²) < 4.78 is 0. The molecule has 3 aromatic rings. The third-order valence-corrected chi connectivity index (χ3v) is 4.42. The van der Waals surface area contributed by atoms with Gasteiger partial charge in [-0.25, -0.2) is 4.98 Å². The van der Waals surface area contributed by atoms with Crippen LogP contribution in [0.1, 0.15) is 12.0 Å². The highest BCUT2D eigenvalue weighted by Gasteiger charge is 2.09. The maximum Gasteiger partial charge on any atom is 0.225 e. The average molecular weight is 397 g/mol. The molecule has 0 saturated heterocycles. The van der Waals surface area contributed by atoms with E-state index >= 15 is 0 Å². The van der Waals surface area contributed by atoms with Crippen LogP contribution in [0.25, 0.3) is 11.4 Å². The van der Waals surface area contributed by atoms with Crippen molar-refractivity contribution in [1.82, 2.24) is 19.9 Å². The summed E-state index contributed by atoms with van der Waals surface area (Å²) in [5.41, 5.74) is 3.45. The molecular weight excluding hydrogens is 372 g/mol. The van der Waals surface area contributed by atoms with E-state index in [2.05, 4.69) is 44.6 Å². The van der Waals surface area contributed by atoms with Crippen LogP contribution in [-0.4, -0.2) is 47.0 Å². The van der Waals surface area contributed by atoms with E-state index in [1.807, 2.05) is 49.4 Å². The average Bonchev–Trinajstić information content (AvgIpc) is 2.68. The van der Waals surface area contributed by atoms with Crippen LogP contribution in [0.3, 0.4) is 0 Å². The lowest BCUT2D eigenvalue weighted by Gasteiger charge is -2.13. The topological polar surface area (TPSA) is 66.0 Å². The number of aryl methyl sites for hydroxylation is 1. The first-order chi connectivity index (χ1) is 13.5. The van der Waals surface area contributed by atoms with E-state index in [1.54, 1.807) is 6.20 Å². The van der Waals surface area contributed by atoms with Gasteiger partial charge < -0.3 is 15.5 Å². The summed E-state index contributed by atoms with van der Waals surface area (Å²) in [6.07, 6.45) is 2.75. The standard InChI is InChI=1S/C21H25ClN6/c1-15-8-9-17(16(22)13-15)25-20-14-19(18-7-4-5-10-23-18)26-21(27-20)24-11-6-12-28(2)3/h4-5,7-10,13-14H,6,11-12H2,1-3H3,(H2,24,25,26,27). The summed E-state index contributed by atoms with van der Waals surface area (Å²) in [4.78, 5) is 15.8. The number of hydrogen-bond acceptors (Lipinski definition) is 6. The van der Waals surface area contributed by atoms with Gasteiger partial charge in [0, 0.05) is 18.8 Å². The van der Waals surface area contributed by atoms with Crippen LogP contribution in [-0.2, 0) is 0 Å². The first-order valence-electron chi connectivity index (χ1n) is 9.23. The van der Waals surface area contributed by atoms with E-state index in [0.717, 1.165) is 42.1 Å². The summed E-state index contributed by atoms with van der Waals surface area (Å²) in [5.74, 6) is 1.23. The molecular formula is C21H25ClN6. The van der Waals surface area contributed by atoms with Crippen molar-refractivity contribution in [2.45, 2.75) is 13.3 Å². The van der Waals surface area contributed by atoms with Gasteiger partial charge in [0.1, 0.15) is 5.82 Å². The first-order valence-corrected chi connectivity index (χ1v) is 9.61. The molecule has 146 valence electrons. The van der Waals surface area contributed by atoms with E-state index in [-0.39, 0.29) is 0 Å². The zero-order valence-corrected chi connectivity index (χ0v) is 17.2. The SMILES string of the molecule is Cc1ccc(Nc2cc(-c3ccccn3)nc(NCCCN(C)C)n2)c(Cl)c1. The smallest absolute Gasteiger partial charge is 0.225 e. The highest BCUT2D eigenvalue weighted by Crippen LogP contribution is 2.27. The third-order valence-electron chi connectivity index (χ3n) is 4.11. The molecule has 0 amide bonds. The van der Waals surface area contributed by atoms with Crippen LogP contribution in [0.15, 0.2) is 48.7 Å². The summed E-state index contributed by atoms with van der Waals surface area (Å²) in [5, 5.41) is 7.26. The van der Waals surface area contributed by atoms with Crippen LogP contribution in [0.4, 0.5) is 17.5 Å². The lowest BCUT2D eigenvalue weighted by molar-refractivity contribution is 0.405. The minimum atomic E-state index is 0.563. The zero-order chi connectivity index (χ0) is 19.9. The quantitative estimate of drug-likeness (QED) is 0.542. The van der Waals surface area contributed by atoms with Crippen molar-refractivity contribution in [2.24, 2.45) is 0 Å². The molecule has 0 spiro atoms. The molecule has 2 heterocycles. The van der Waals surface area contributed by atoms with Gasteiger partial charge >= 0.3 is 0 Å². The number of nitrogens with one attached hydrogen (secondary N) is 2. The van der Waals surface area contributed by atoms with Gasteiger partial charge in [-0.2, -0.15) is 4.98 Å². The normalized spacial score (nSPS) is 10.9. The van der Waals surface area contributed by atoms with Gasteiger partial charge in [-0.1, -0.05) is 23.7 Å². The van der Waals surface area contributed by atoms with Crippen LogP contribution in [0, 0.1) is 6.92 Å². The van der Waals surface area contributed by atoms with Crippen molar-refractivity contribution in [1.29, 1.82) is 0 Å². The van der Waals surface area contributed by atoms with Gasteiger partial charge in [-0.05, 0) is 63.8 Å². The Labute approximate surface area is 171 Å². The molecule has 2 N–H and O–H groups in total. The molecule has 7 heteroatoms. The Morgan fingerprint density at radius 2 is 1.89 bits per heavy atom. The van der Waals surface area contributed by atoms with Crippen molar-refractivity contribution < 1.29 is 0 Å². The van der Waals surface area contributed by atoms with Gasteiger partial charge in [0.25, 0.3) is 0 Å². The second-order valence-corrected chi connectivity index (χ2v) is 7.28. The molecule has 3 rings (SSSR count). The summed E-state index contributed by atoms with van der Waals surface area (Å²) in [6.45, 7) is 3.79. The maximum absolute atomic E-state index is 6.37. The molecule has 0 aliphatic rings. The van der Waals surface area contributed by atoms with Crippen LogP contribution < -0.4 is 10.6 Å². The number of benzene rings is 1. The number of nitrogens with zero attached hydrogens (tertiary/aromatic N) is 4. The molecule has 0 radical (unpaired) electrons. The molecule has 1 aromatic carbocycles. The maximum atomic E-state index is 6.37. The Morgan fingerprint density at radius 3 is 2.61 bits per heavy atom. The Morgan fingerprint density at radius 1 is 1.04 bits per heavy atom. The summed E-state index contributed by atoms with van der Waals surface area (Å²) in [7, 11) is 4.12. The number of pyridine rings is 1. The van der Waals surface area contributed by atoms with Crippen LogP contribution in [0.2, 0.25) is 5.02 Å². The summed E-state index contributed by atoms with van der Waals surface area (Å²) >= 11 is 6.37. The van der Waals surface area contributed by atoms with Gasteiger partial charge in [0.2, 0.25) is 5.95 Å². The lowest BCUT2D eigenvalue weighted by atomic mass is 10.2. The fourth-order valence-electron chi connectivity index (χ4n) is 2.69. The number of hydrogen-bond donors (Lipinski definition) is 2.